The van der Waals surface area contributed by atoms with E-state index in [-0.39, 0.29) is 12.4 Å². The summed E-state index contributed by atoms with van der Waals surface area (Å²) in [5, 5.41) is 0.648. The van der Waals surface area contributed by atoms with Crippen LogP contribution in [-0.4, -0.2) is 19.5 Å². The van der Waals surface area contributed by atoms with Crippen LogP contribution in [0.3, 0.4) is 0 Å². The van der Waals surface area contributed by atoms with E-state index >= 15 is 0 Å². The van der Waals surface area contributed by atoms with Gasteiger partial charge in [0.25, 0.3) is 0 Å². The minimum atomic E-state index is -0.518. The molecule has 0 radical (unpaired) electrons. The average Bonchev–Trinajstić information content (AvgIpc) is 2.59. The number of Topliss-reactive ketones (excluding diaryl/α,β-unsaturated/α-hetero) is 1. The van der Waals surface area contributed by atoms with Crippen molar-refractivity contribution < 1.29 is 18.7 Å². The first-order valence-corrected chi connectivity index (χ1v) is 7.00. The van der Waals surface area contributed by atoms with Gasteiger partial charge in [-0.25, -0.2) is 4.79 Å². The number of fused-ring (bicyclic) bond motifs is 1. The van der Waals surface area contributed by atoms with E-state index in [9.17, 15) is 9.59 Å². The Morgan fingerprint density at radius 1 is 1.09 bits per heavy atom. The fraction of sp³-hybridized carbons (Fsp3) is 0.111. The molecule has 0 aliphatic rings. The number of hydrogen-bond acceptors (Lipinski definition) is 5. The molecule has 0 saturated carbocycles. The lowest BCUT2D eigenvalue weighted by atomic mass is 10.1. The van der Waals surface area contributed by atoms with Gasteiger partial charge in [-0.1, -0.05) is 12.1 Å². The van der Waals surface area contributed by atoms with Crippen molar-refractivity contribution in [1.29, 1.82) is 0 Å². The lowest BCUT2D eigenvalue weighted by molar-refractivity contribution is 0.0922. The van der Waals surface area contributed by atoms with E-state index in [1.807, 2.05) is 0 Å². The molecule has 5 nitrogen and oxygen atoms in total. The molecule has 0 aliphatic carbocycles. The maximum absolute atomic E-state index is 12.2. The average molecular weight is 310 g/mol. The quantitative estimate of drug-likeness (QED) is 0.535. The summed E-state index contributed by atoms with van der Waals surface area (Å²) in [5.74, 6) is 0.817. The van der Waals surface area contributed by atoms with Crippen LogP contribution in [-0.2, 0) is 0 Å². The summed E-state index contributed by atoms with van der Waals surface area (Å²) in [6, 6.07) is 15.0. The Hall–Kier alpha value is -3.08. The van der Waals surface area contributed by atoms with Crippen molar-refractivity contribution in [2.75, 3.05) is 13.7 Å². The van der Waals surface area contributed by atoms with E-state index in [1.54, 1.807) is 55.6 Å². The van der Waals surface area contributed by atoms with Gasteiger partial charge in [0, 0.05) is 5.56 Å². The molecule has 3 aromatic rings. The lowest BCUT2D eigenvalue weighted by Gasteiger charge is -2.08. The van der Waals surface area contributed by atoms with Gasteiger partial charge in [-0.05, 0) is 36.4 Å². The third kappa shape index (κ3) is 3.23. The number of rotatable bonds is 5. The first kappa shape index (κ1) is 14.8. The predicted molar refractivity (Wildman–Crippen MR) is 85.3 cm³/mol. The molecule has 2 aromatic carbocycles. The van der Waals surface area contributed by atoms with E-state index in [2.05, 4.69) is 0 Å². The molecule has 1 aromatic heterocycles. The maximum Gasteiger partial charge on any atom is 0.339 e. The highest BCUT2D eigenvalue weighted by Crippen LogP contribution is 2.23. The highest BCUT2D eigenvalue weighted by molar-refractivity contribution is 5.97. The zero-order chi connectivity index (χ0) is 16.2. The van der Waals surface area contributed by atoms with Gasteiger partial charge in [0.1, 0.15) is 17.1 Å². The van der Waals surface area contributed by atoms with Crippen LogP contribution in [0.5, 0.6) is 11.5 Å². The summed E-state index contributed by atoms with van der Waals surface area (Å²) >= 11 is 0. The van der Waals surface area contributed by atoms with Gasteiger partial charge in [-0.15, -0.1) is 0 Å². The lowest BCUT2D eigenvalue weighted by Crippen LogP contribution is -2.12. The van der Waals surface area contributed by atoms with Crippen molar-refractivity contribution in [1.82, 2.24) is 0 Å². The van der Waals surface area contributed by atoms with Gasteiger partial charge in [0.05, 0.1) is 18.6 Å². The predicted octanol–water partition coefficient (Wildman–Crippen LogP) is 3.06. The minimum Gasteiger partial charge on any atom is -0.497 e. The summed E-state index contributed by atoms with van der Waals surface area (Å²) in [4.78, 5) is 23.7. The van der Waals surface area contributed by atoms with E-state index in [0.717, 1.165) is 0 Å². The van der Waals surface area contributed by atoms with Crippen molar-refractivity contribution >= 4 is 16.8 Å². The molecule has 116 valence electrons. The van der Waals surface area contributed by atoms with Crippen molar-refractivity contribution in [3.8, 4) is 11.5 Å². The molecule has 0 amide bonds. The van der Waals surface area contributed by atoms with Crippen molar-refractivity contribution in [2.45, 2.75) is 0 Å². The van der Waals surface area contributed by atoms with E-state index in [4.69, 9.17) is 13.9 Å². The van der Waals surface area contributed by atoms with Gasteiger partial charge in [-0.2, -0.15) is 0 Å². The summed E-state index contributed by atoms with van der Waals surface area (Å²) in [6.45, 7) is -0.167. The number of ether oxygens (including phenoxy) is 2. The van der Waals surface area contributed by atoms with E-state index in [0.29, 0.717) is 28.0 Å². The molecular weight excluding hydrogens is 296 g/mol. The molecule has 0 aliphatic heterocycles. The number of benzene rings is 2. The van der Waals surface area contributed by atoms with Crippen LogP contribution in [0, 0.1) is 0 Å². The summed E-state index contributed by atoms with van der Waals surface area (Å²) < 4.78 is 15.7. The van der Waals surface area contributed by atoms with Crippen LogP contribution in [0.2, 0.25) is 0 Å². The van der Waals surface area contributed by atoms with Gasteiger partial charge in [0.2, 0.25) is 0 Å². The highest BCUT2D eigenvalue weighted by Gasteiger charge is 2.10. The Morgan fingerprint density at radius 3 is 2.57 bits per heavy atom. The highest BCUT2D eigenvalue weighted by atomic mass is 16.5. The third-order valence-corrected chi connectivity index (χ3v) is 3.38. The fourth-order valence-corrected chi connectivity index (χ4v) is 2.20. The number of methoxy groups -OCH3 is 1. The van der Waals surface area contributed by atoms with Crippen LogP contribution in [0.25, 0.3) is 11.0 Å². The Balaban J connectivity index is 1.80. The second kappa shape index (κ2) is 6.36. The Morgan fingerprint density at radius 2 is 1.83 bits per heavy atom. The molecule has 0 unspecified atom stereocenters. The first-order valence-electron chi connectivity index (χ1n) is 7.00. The van der Waals surface area contributed by atoms with Crippen molar-refractivity contribution in [3.05, 3.63) is 70.6 Å². The van der Waals surface area contributed by atoms with E-state index < -0.39 is 5.63 Å². The SMILES string of the molecule is COc1ccc(C(=O)COc2cc(=O)oc3ccccc23)cc1. The monoisotopic (exact) mass is 310 g/mol. The molecular formula is C18H14O5. The number of hydrogen-bond donors (Lipinski definition) is 0. The fourth-order valence-electron chi connectivity index (χ4n) is 2.20. The number of carbonyl (C=O) groups is 1. The van der Waals surface area contributed by atoms with Gasteiger partial charge < -0.3 is 13.9 Å². The molecule has 0 saturated heterocycles. The molecule has 23 heavy (non-hydrogen) atoms. The summed E-state index contributed by atoms with van der Waals surface area (Å²) in [5.41, 5.74) is 0.417. The molecule has 0 atom stereocenters. The van der Waals surface area contributed by atoms with Crippen molar-refractivity contribution in [2.24, 2.45) is 0 Å². The van der Waals surface area contributed by atoms with Crippen LogP contribution < -0.4 is 15.1 Å². The van der Waals surface area contributed by atoms with Gasteiger partial charge in [0.15, 0.2) is 12.4 Å². The van der Waals surface area contributed by atoms with E-state index in [1.165, 1.54) is 6.07 Å². The minimum absolute atomic E-state index is 0.167. The zero-order valence-corrected chi connectivity index (χ0v) is 12.4. The molecule has 0 N–H and O–H groups in total. The molecule has 1 heterocycles. The Labute approximate surface area is 132 Å². The molecule has 0 spiro atoms. The van der Waals surface area contributed by atoms with Gasteiger partial charge in [-0.3, -0.25) is 4.79 Å². The maximum atomic E-state index is 12.2. The Kier molecular flexibility index (Phi) is 4.10. The third-order valence-electron chi connectivity index (χ3n) is 3.38. The zero-order valence-electron chi connectivity index (χ0n) is 12.4. The second-order valence-electron chi connectivity index (χ2n) is 4.87. The smallest absolute Gasteiger partial charge is 0.339 e. The molecule has 3 rings (SSSR count). The topological polar surface area (TPSA) is 65.7 Å². The molecule has 0 bridgehead atoms. The summed E-state index contributed by atoms with van der Waals surface area (Å²) in [6.07, 6.45) is 0. The van der Waals surface area contributed by atoms with Gasteiger partial charge >= 0.3 is 5.63 Å². The second-order valence-corrected chi connectivity index (χ2v) is 4.87. The van der Waals surface area contributed by atoms with Crippen molar-refractivity contribution in [3.63, 3.8) is 0 Å². The van der Waals surface area contributed by atoms with Crippen LogP contribution in [0.1, 0.15) is 10.4 Å². The normalized spacial score (nSPS) is 10.5. The van der Waals surface area contributed by atoms with Crippen LogP contribution >= 0.6 is 0 Å². The number of para-hydroxylation sites is 1. The molecule has 0 fully saturated rings. The largest absolute Gasteiger partial charge is 0.497 e. The summed E-state index contributed by atoms with van der Waals surface area (Å²) in [7, 11) is 1.56. The first-order chi connectivity index (χ1) is 11.2. The number of ketones is 1. The molecule has 5 heteroatoms. The standard InChI is InChI=1S/C18H14O5/c1-21-13-8-6-12(7-9-13)15(19)11-22-17-10-18(20)23-16-5-3-2-4-14(16)17/h2-10H,11H2,1H3. The number of carbonyl (C=O) groups excluding carboxylic acids is 1. The van der Waals surface area contributed by atoms with Crippen LogP contribution in [0.15, 0.2) is 63.8 Å². The Bertz CT molecular complexity index is 893. The van der Waals surface area contributed by atoms with Crippen LogP contribution in [0.4, 0.5) is 0 Å².